The fourth-order valence-corrected chi connectivity index (χ4v) is 3.21. The van der Waals surface area contributed by atoms with Crippen LogP contribution in [0.4, 0.5) is 5.00 Å². The molecule has 7 heteroatoms. The monoisotopic (exact) mass is 391 g/mol. The predicted octanol–water partition coefficient (Wildman–Crippen LogP) is 3.57. The van der Waals surface area contributed by atoms with Gasteiger partial charge >= 0.3 is 0 Å². The van der Waals surface area contributed by atoms with Gasteiger partial charge in [0, 0.05) is 6.54 Å². The highest BCUT2D eigenvalue weighted by atomic mass is 32.1. The molecule has 0 spiro atoms. The second-order valence-corrected chi connectivity index (χ2v) is 6.69. The van der Waals surface area contributed by atoms with Gasteiger partial charge in [0.05, 0.1) is 11.1 Å². The Balaban J connectivity index is 1.59. The highest BCUT2D eigenvalue weighted by Gasteiger charge is 2.14. The second kappa shape index (κ2) is 9.35. The largest absolute Gasteiger partial charge is 0.483 e. The quantitative estimate of drug-likeness (QED) is 0.644. The van der Waals surface area contributed by atoms with E-state index in [9.17, 15) is 9.59 Å². The lowest BCUT2D eigenvalue weighted by molar-refractivity contribution is -0.118. The minimum atomic E-state index is -0.404. The van der Waals surface area contributed by atoms with E-state index >= 15 is 0 Å². The lowest BCUT2D eigenvalue weighted by atomic mass is 10.1. The van der Waals surface area contributed by atoms with Crippen LogP contribution in [-0.4, -0.2) is 18.4 Å². The van der Waals surface area contributed by atoms with Crippen molar-refractivity contribution in [3.05, 3.63) is 82.7 Å². The van der Waals surface area contributed by atoms with Gasteiger partial charge in [-0.15, -0.1) is 11.3 Å². The van der Waals surface area contributed by atoms with Gasteiger partial charge in [-0.25, -0.2) is 0 Å². The average molecular weight is 391 g/mol. The molecular formula is C21H17N3O3S. The molecule has 3 aromatic rings. The first-order valence-corrected chi connectivity index (χ1v) is 9.36. The third kappa shape index (κ3) is 4.96. The summed E-state index contributed by atoms with van der Waals surface area (Å²) in [4.78, 5) is 24.6. The van der Waals surface area contributed by atoms with Crippen molar-refractivity contribution in [2.45, 2.75) is 6.54 Å². The summed E-state index contributed by atoms with van der Waals surface area (Å²) in [6.45, 7) is 0.121. The number of anilines is 1. The maximum Gasteiger partial charge on any atom is 0.262 e. The number of nitrogens with zero attached hydrogens (tertiary/aromatic N) is 1. The Morgan fingerprint density at radius 3 is 2.57 bits per heavy atom. The van der Waals surface area contributed by atoms with Crippen molar-refractivity contribution in [1.29, 1.82) is 5.26 Å². The number of benzene rings is 2. The highest BCUT2D eigenvalue weighted by Crippen LogP contribution is 2.22. The van der Waals surface area contributed by atoms with Crippen LogP contribution in [0, 0.1) is 11.3 Å². The van der Waals surface area contributed by atoms with E-state index in [0.29, 0.717) is 28.4 Å². The molecule has 0 bridgehead atoms. The molecule has 140 valence electrons. The van der Waals surface area contributed by atoms with Crippen molar-refractivity contribution in [3.8, 4) is 11.8 Å². The summed E-state index contributed by atoms with van der Waals surface area (Å²) < 4.78 is 5.54. The first-order chi connectivity index (χ1) is 13.7. The summed E-state index contributed by atoms with van der Waals surface area (Å²) in [6, 6.07) is 19.9. The van der Waals surface area contributed by atoms with E-state index in [0.717, 1.165) is 5.56 Å². The van der Waals surface area contributed by atoms with Gasteiger partial charge in [-0.05, 0) is 29.1 Å². The third-order valence-electron chi connectivity index (χ3n) is 3.82. The Labute approximate surface area is 166 Å². The van der Waals surface area contributed by atoms with Crippen LogP contribution in [0.5, 0.6) is 5.75 Å². The predicted molar refractivity (Wildman–Crippen MR) is 107 cm³/mol. The molecule has 2 N–H and O–H groups in total. The van der Waals surface area contributed by atoms with Gasteiger partial charge < -0.3 is 15.4 Å². The number of nitrogens with one attached hydrogen (secondary N) is 2. The molecule has 1 aromatic heterocycles. The van der Waals surface area contributed by atoms with Crippen LogP contribution < -0.4 is 15.4 Å². The number of thiophene rings is 1. The maximum atomic E-state index is 12.5. The molecule has 28 heavy (non-hydrogen) atoms. The molecule has 0 aliphatic heterocycles. The Bertz CT molecular complexity index is 1010. The number of carbonyl (C=O) groups is 2. The van der Waals surface area contributed by atoms with E-state index in [1.165, 1.54) is 11.3 Å². The lowest BCUT2D eigenvalue weighted by Crippen LogP contribution is -2.25. The van der Waals surface area contributed by atoms with Crippen molar-refractivity contribution in [2.75, 3.05) is 11.9 Å². The average Bonchev–Trinajstić information content (AvgIpc) is 3.18. The van der Waals surface area contributed by atoms with Gasteiger partial charge in [-0.2, -0.15) is 5.26 Å². The zero-order valence-corrected chi connectivity index (χ0v) is 15.7. The Morgan fingerprint density at radius 1 is 1.04 bits per heavy atom. The van der Waals surface area contributed by atoms with Crippen molar-refractivity contribution < 1.29 is 14.3 Å². The molecule has 0 unspecified atom stereocenters. The standard InChI is InChI=1S/C21H17N3O3S/c22-12-16-10-11-28-21(16)24-19(25)14-27-18-9-5-4-8-17(18)20(26)23-13-15-6-2-1-3-7-15/h1-11H,13-14H2,(H,23,26)(H,24,25). The maximum absolute atomic E-state index is 12.5. The van der Waals surface area contributed by atoms with Gasteiger partial charge in [0.1, 0.15) is 16.8 Å². The second-order valence-electron chi connectivity index (χ2n) is 5.78. The molecule has 0 radical (unpaired) electrons. The van der Waals surface area contributed by atoms with Crippen LogP contribution in [0.25, 0.3) is 0 Å². The molecule has 0 saturated heterocycles. The van der Waals surface area contributed by atoms with E-state index < -0.39 is 5.91 Å². The Morgan fingerprint density at radius 2 is 1.79 bits per heavy atom. The SMILES string of the molecule is N#Cc1ccsc1NC(=O)COc1ccccc1C(=O)NCc1ccccc1. The van der Waals surface area contributed by atoms with Crippen LogP contribution >= 0.6 is 11.3 Å². The first kappa shape index (κ1) is 19.1. The summed E-state index contributed by atoms with van der Waals surface area (Å²) in [5.41, 5.74) is 1.73. The fraction of sp³-hybridized carbons (Fsp3) is 0.0952. The van der Waals surface area contributed by atoms with E-state index in [-0.39, 0.29) is 12.5 Å². The van der Waals surface area contributed by atoms with Gasteiger partial charge in [-0.3, -0.25) is 9.59 Å². The minimum absolute atomic E-state index is 0.272. The van der Waals surface area contributed by atoms with Crippen LogP contribution in [0.1, 0.15) is 21.5 Å². The number of hydrogen-bond donors (Lipinski definition) is 2. The Kier molecular flexibility index (Phi) is 6.39. The molecule has 3 rings (SSSR count). The van der Waals surface area contributed by atoms with Crippen molar-refractivity contribution >= 4 is 28.2 Å². The molecule has 0 aliphatic carbocycles. The molecular weight excluding hydrogens is 374 g/mol. The summed E-state index contributed by atoms with van der Waals surface area (Å²) in [7, 11) is 0. The number of nitriles is 1. The van der Waals surface area contributed by atoms with Gasteiger partial charge in [0.15, 0.2) is 6.61 Å². The van der Waals surface area contributed by atoms with Crippen molar-refractivity contribution in [2.24, 2.45) is 0 Å². The zero-order valence-electron chi connectivity index (χ0n) is 14.8. The number of amides is 2. The van der Waals surface area contributed by atoms with Crippen molar-refractivity contribution in [1.82, 2.24) is 5.32 Å². The van der Waals surface area contributed by atoms with E-state index in [2.05, 4.69) is 10.6 Å². The molecule has 2 amide bonds. The number of carbonyl (C=O) groups excluding carboxylic acids is 2. The molecule has 6 nitrogen and oxygen atoms in total. The summed E-state index contributed by atoms with van der Waals surface area (Å²) in [5, 5.41) is 16.7. The van der Waals surface area contributed by atoms with E-state index in [1.807, 2.05) is 36.4 Å². The minimum Gasteiger partial charge on any atom is -0.483 e. The van der Waals surface area contributed by atoms with E-state index in [4.69, 9.17) is 10.00 Å². The smallest absolute Gasteiger partial charge is 0.262 e. The zero-order chi connectivity index (χ0) is 19.8. The summed E-state index contributed by atoms with van der Waals surface area (Å²) in [5.74, 6) is -0.377. The number of hydrogen-bond acceptors (Lipinski definition) is 5. The molecule has 2 aromatic carbocycles. The molecule has 0 atom stereocenters. The normalized spacial score (nSPS) is 9.96. The van der Waals surface area contributed by atoms with Gasteiger partial charge in [-0.1, -0.05) is 42.5 Å². The van der Waals surface area contributed by atoms with E-state index in [1.54, 1.807) is 35.7 Å². The van der Waals surface area contributed by atoms with Crippen molar-refractivity contribution in [3.63, 3.8) is 0 Å². The van der Waals surface area contributed by atoms with Crippen LogP contribution in [-0.2, 0) is 11.3 Å². The summed E-state index contributed by atoms with van der Waals surface area (Å²) >= 11 is 1.26. The number of para-hydroxylation sites is 1. The highest BCUT2D eigenvalue weighted by molar-refractivity contribution is 7.14. The molecule has 1 heterocycles. The van der Waals surface area contributed by atoms with Crippen LogP contribution in [0.3, 0.4) is 0 Å². The third-order valence-corrected chi connectivity index (χ3v) is 4.65. The lowest BCUT2D eigenvalue weighted by Gasteiger charge is -2.12. The first-order valence-electron chi connectivity index (χ1n) is 8.49. The number of rotatable bonds is 7. The molecule has 0 saturated carbocycles. The van der Waals surface area contributed by atoms with Crippen LogP contribution in [0.15, 0.2) is 66.0 Å². The van der Waals surface area contributed by atoms with Gasteiger partial charge in [0.25, 0.3) is 11.8 Å². The summed E-state index contributed by atoms with van der Waals surface area (Å²) in [6.07, 6.45) is 0. The van der Waals surface area contributed by atoms with Crippen LogP contribution in [0.2, 0.25) is 0 Å². The topological polar surface area (TPSA) is 91.2 Å². The Hall–Kier alpha value is -3.63. The van der Waals surface area contributed by atoms with Gasteiger partial charge in [0.2, 0.25) is 0 Å². The molecule has 0 fully saturated rings. The molecule has 0 aliphatic rings. The number of ether oxygens (including phenoxy) is 1. The fourth-order valence-electron chi connectivity index (χ4n) is 2.45.